The predicted octanol–water partition coefficient (Wildman–Crippen LogP) is 2.21. The molecule has 1 saturated carbocycles. The van der Waals surface area contributed by atoms with Crippen LogP contribution in [0, 0.1) is 0 Å². The molecule has 0 radical (unpaired) electrons. The molecule has 2 atom stereocenters. The van der Waals surface area contributed by atoms with Crippen molar-refractivity contribution in [3.63, 3.8) is 0 Å². The van der Waals surface area contributed by atoms with Crippen molar-refractivity contribution in [1.82, 2.24) is 20.8 Å². The fraction of sp³-hybridized carbons (Fsp3) is 0.467. The van der Waals surface area contributed by atoms with Crippen molar-refractivity contribution in [3.8, 4) is 0 Å². The molecule has 3 N–H and O–H groups in total. The molecule has 4 rings (SSSR count). The maximum Gasteiger partial charge on any atom is 0.416 e. The molecule has 2 fully saturated rings. The molecule has 1 aromatic heterocycles. The van der Waals surface area contributed by atoms with E-state index in [2.05, 4.69) is 20.8 Å². The van der Waals surface area contributed by atoms with Crippen LogP contribution in [-0.2, 0) is 6.18 Å². The topological polar surface area (TPSA) is 69.8 Å². The highest BCUT2D eigenvalue weighted by Gasteiger charge is 2.46. The van der Waals surface area contributed by atoms with Crippen molar-refractivity contribution < 1.29 is 18.0 Å². The number of hydrogen-bond donors (Lipinski definition) is 3. The second-order valence-electron chi connectivity index (χ2n) is 6.39. The largest absolute Gasteiger partial charge is 0.416 e. The first-order valence-electron chi connectivity index (χ1n) is 7.48. The van der Waals surface area contributed by atoms with Gasteiger partial charge in [0.2, 0.25) is 0 Å². The van der Waals surface area contributed by atoms with Crippen LogP contribution in [0.1, 0.15) is 35.3 Å². The summed E-state index contributed by atoms with van der Waals surface area (Å²) < 4.78 is 38.6. The van der Waals surface area contributed by atoms with Crippen LogP contribution in [0.2, 0.25) is 0 Å². The Balaban J connectivity index is 1.67. The number of rotatable bonds is 2. The van der Waals surface area contributed by atoms with Crippen LogP contribution in [0.15, 0.2) is 18.2 Å². The summed E-state index contributed by atoms with van der Waals surface area (Å²) in [5.41, 5.74) is -0.665. The van der Waals surface area contributed by atoms with Gasteiger partial charge >= 0.3 is 6.18 Å². The van der Waals surface area contributed by atoms with E-state index in [0.29, 0.717) is 18.1 Å². The van der Waals surface area contributed by atoms with E-state index in [1.807, 2.05) is 0 Å². The van der Waals surface area contributed by atoms with Gasteiger partial charge in [-0.2, -0.15) is 18.3 Å². The number of aromatic amines is 1. The van der Waals surface area contributed by atoms with E-state index in [0.717, 1.165) is 31.4 Å². The Labute approximate surface area is 129 Å². The van der Waals surface area contributed by atoms with Gasteiger partial charge in [-0.3, -0.25) is 9.89 Å². The number of aromatic nitrogens is 2. The van der Waals surface area contributed by atoms with E-state index in [4.69, 9.17) is 0 Å². The monoisotopic (exact) mass is 324 g/mol. The molecule has 23 heavy (non-hydrogen) atoms. The minimum Gasteiger partial charge on any atom is -0.344 e. The number of piperidine rings is 1. The number of nitrogens with one attached hydrogen (secondary N) is 3. The van der Waals surface area contributed by atoms with Gasteiger partial charge in [-0.25, -0.2) is 0 Å². The summed E-state index contributed by atoms with van der Waals surface area (Å²) in [4.78, 5) is 12.5. The van der Waals surface area contributed by atoms with E-state index < -0.39 is 17.6 Å². The lowest BCUT2D eigenvalue weighted by atomic mass is 9.98. The van der Waals surface area contributed by atoms with Gasteiger partial charge in [-0.1, -0.05) is 0 Å². The van der Waals surface area contributed by atoms with E-state index in [9.17, 15) is 18.0 Å². The first-order chi connectivity index (χ1) is 10.9. The zero-order valence-electron chi connectivity index (χ0n) is 12.1. The fourth-order valence-corrected chi connectivity index (χ4v) is 3.62. The van der Waals surface area contributed by atoms with Gasteiger partial charge in [0, 0.05) is 18.0 Å². The minimum atomic E-state index is -4.45. The lowest BCUT2D eigenvalue weighted by Gasteiger charge is -2.27. The summed E-state index contributed by atoms with van der Waals surface area (Å²) in [6, 6.07) is 3.66. The fourth-order valence-electron chi connectivity index (χ4n) is 3.62. The second-order valence-corrected chi connectivity index (χ2v) is 6.39. The first kappa shape index (κ1) is 14.5. The maximum atomic E-state index is 12.9. The summed E-state index contributed by atoms with van der Waals surface area (Å²) in [6.45, 7) is 0.694. The van der Waals surface area contributed by atoms with Crippen molar-refractivity contribution in [2.75, 3.05) is 6.54 Å². The number of alkyl halides is 3. The Morgan fingerprint density at radius 2 is 2.22 bits per heavy atom. The third kappa shape index (κ3) is 2.37. The molecule has 2 aromatic rings. The zero-order chi connectivity index (χ0) is 16.2. The number of fused-ring (bicyclic) bond motifs is 3. The SMILES string of the molecule is O=C(NC12CCC(C1)NC2)c1n[nH]c2ccc(C(F)(F)F)cc12. The van der Waals surface area contributed by atoms with Crippen LogP contribution in [0.3, 0.4) is 0 Å². The molecule has 2 unspecified atom stereocenters. The molecule has 1 saturated heterocycles. The van der Waals surface area contributed by atoms with Gasteiger partial charge in [0.1, 0.15) is 0 Å². The van der Waals surface area contributed by atoms with Gasteiger partial charge in [0.25, 0.3) is 5.91 Å². The zero-order valence-corrected chi connectivity index (χ0v) is 12.1. The standard InChI is InChI=1S/C15H15F3N4O/c16-15(17,18)8-1-2-11-10(5-8)12(22-21-11)13(23)20-14-4-3-9(6-14)19-7-14/h1-2,5,9,19H,3-4,6-7H2,(H,20,23)(H,21,22). The van der Waals surface area contributed by atoms with Crippen LogP contribution in [-0.4, -0.2) is 34.2 Å². The van der Waals surface area contributed by atoms with Crippen LogP contribution < -0.4 is 10.6 Å². The van der Waals surface area contributed by atoms with Crippen molar-refractivity contribution in [3.05, 3.63) is 29.5 Å². The number of amides is 1. The Morgan fingerprint density at radius 1 is 1.39 bits per heavy atom. The third-order valence-corrected chi connectivity index (χ3v) is 4.82. The molecule has 1 aliphatic heterocycles. The van der Waals surface area contributed by atoms with E-state index >= 15 is 0 Å². The summed E-state index contributed by atoms with van der Waals surface area (Å²) in [7, 11) is 0. The molecular formula is C15H15F3N4O. The van der Waals surface area contributed by atoms with Crippen LogP contribution in [0.4, 0.5) is 13.2 Å². The summed E-state index contributed by atoms with van der Waals surface area (Å²) in [5, 5.41) is 13.0. The molecule has 8 heteroatoms. The van der Waals surface area contributed by atoms with Crippen molar-refractivity contribution >= 4 is 16.8 Å². The van der Waals surface area contributed by atoms with Crippen molar-refractivity contribution in [1.29, 1.82) is 0 Å². The highest BCUT2D eigenvalue weighted by Crippen LogP contribution is 2.36. The Hall–Kier alpha value is -2.09. The number of H-pyrrole nitrogens is 1. The molecular weight excluding hydrogens is 309 g/mol. The van der Waals surface area contributed by atoms with E-state index in [1.165, 1.54) is 6.07 Å². The molecule has 1 aromatic carbocycles. The smallest absolute Gasteiger partial charge is 0.344 e. The molecule has 2 heterocycles. The van der Waals surface area contributed by atoms with Gasteiger partial charge in [0.05, 0.1) is 16.6 Å². The molecule has 1 amide bonds. The van der Waals surface area contributed by atoms with Crippen molar-refractivity contribution in [2.24, 2.45) is 0 Å². The molecule has 0 spiro atoms. The average Bonchev–Trinajstić information content (AvgIpc) is 3.18. The highest BCUT2D eigenvalue weighted by molar-refractivity contribution is 6.05. The predicted molar refractivity (Wildman–Crippen MR) is 76.9 cm³/mol. The molecule has 1 aliphatic carbocycles. The molecule has 122 valence electrons. The molecule has 5 nitrogen and oxygen atoms in total. The van der Waals surface area contributed by atoms with Gasteiger partial charge in [-0.05, 0) is 37.5 Å². The first-order valence-corrected chi connectivity index (χ1v) is 7.48. The van der Waals surface area contributed by atoms with Gasteiger partial charge < -0.3 is 10.6 Å². The van der Waals surface area contributed by atoms with Crippen molar-refractivity contribution in [2.45, 2.75) is 37.0 Å². The van der Waals surface area contributed by atoms with E-state index in [1.54, 1.807) is 0 Å². The normalized spacial score (nSPS) is 26.8. The summed E-state index contributed by atoms with van der Waals surface area (Å²) in [6.07, 6.45) is -1.72. The Bertz CT molecular complexity index is 775. The summed E-state index contributed by atoms with van der Waals surface area (Å²) in [5.74, 6) is -0.431. The Kier molecular flexibility index (Phi) is 2.96. The number of halogens is 3. The van der Waals surface area contributed by atoms with Gasteiger partial charge in [-0.15, -0.1) is 0 Å². The van der Waals surface area contributed by atoms with E-state index in [-0.39, 0.29) is 16.6 Å². The second kappa shape index (κ2) is 4.70. The average molecular weight is 324 g/mol. The molecule has 2 bridgehead atoms. The van der Waals surface area contributed by atoms with Crippen LogP contribution in [0.5, 0.6) is 0 Å². The quantitative estimate of drug-likeness (QED) is 0.793. The number of hydrogen-bond acceptors (Lipinski definition) is 3. The number of carbonyl (C=O) groups is 1. The third-order valence-electron chi connectivity index (χ3n) is 4.82. The number of benzene rings is 1. The maximum absolute atomic E-state index is 12.9. The summed E-state index contributed by atoms with van der Waals surface area (Å²) >= 11 is 0. The van der Waals surface area contributed by atoms with Gasteiger partial charge in [0.15, 0.2) is 5.69 Å². The van der Waals surface area contributed by atoms with Crippen LogP contribution in [0.25, 0.3) is 10.9 Å². The lowest BCUT2D eigenvalue weighted by molar-refractivity contribution is -0.137. The highest BCUT2D eigenvalue weighted by atomic mass is 19.4. The number of carbonyl (C=O) groups excluding carboxylic acids is 1. The van der Waals surface area contributed by atoms with Crippen LogP contribution >= 0.6 is 0 Å². The molecule has 2 aliphatic rings. The lowest BCUT2D eigenvalue weighted by Crippen LogP contribution is -2.50. The Morgan fingerprint density at radius 3 is 2.83 bits per heavy atom. The minimum absolute atomic E-state index is 0.0100. The number of nitrogens with zero attached hydrogens (tertiary/aromatic N) is 1.